The molecule has 4 rings (SSSR count). The number of hydrogen-bond donors (Lipinski definition) is 3. The Hall–Kier alpha value is -3.76. The summed E-state index contributed by atoms with van der Waals surface area (Å²) in [6.45, 7) is 1.42. The highest BCUT2D eigenvalue weighted by atomic mass is 32.2. The largest absolute Gasteiger partial charge is 0.326 e. The quantitative estimate of drug-likeness (QED) is 0.264. The zero-order chi connectivity index (χ0) is 23.2. The Morgan fingerprint density at radius 1 is 0.879 bits per heavy atom. The minimum absolute atomic E-state index is 0.121. The van der Waals surface area contributed by atoms with Gasteiger partial charge in [-0.25, -0.2) is 0 Å². The maximum absolute atomic E-state index is 12.7. The molecule has 33 heavy (non-hydrogen) atoms. The lowest BCUT2D eigenvalue weighted by Gasteiger charge is -2.07. The molecule has 4 aromatic rings. The minimum Gasteiger partial charge on any atom is -0.326 e. The number of aromatic nitrogens is 2. The lowest BCUT2D eigenvalue weighted by atomic mass is 10.0. The molecule has 0 aliphatic carbocycles. The number of amides is 3. The van der Waals surface area contributed by atoms with Gasteiger partial charge in [-0.1, -0.05) is 65.6 Å². The molecule has 0 atom stereocenters. The molecule has 1 heterocycles. The summed E-state index contributed by atoms with van der Waals surface area (Å²) in [4.78, 5) is 36.2. The molecule has 3 N–H and O–H groups in total. The van der Waals surface area contributed by atoms with Crippen LogP contribution in [0.4, 0.5) is 16.5 Å². The molecular formula is C23H19N5O3S2. The Bertz CT molecular complexity index is 1330. The zero-order valence-electron chi connectivity index (χ0n) is 17.5. The topological polar surface area (TPSA) is 113 Å². The van der Waals surface area contributed by atoms with Crippen molar-refractivity contribution in [2.75, 3.05) is 21.7 Å². The fraction of sp³-hybridized carbons (Fsp3) is 0.0870. The van der Waals surface area contributed by atoms with Crippen LogP contribution >= 0.6 is 23.1 Å². The lowest BCUT2D eigenvalue weighted by molar-refractivity contribution is -0.114. The predicted molar refractivity (Wildman–Crippen MR) is 132 cm³/mol. The number of anilines is 3. The summed E-state index contributed by atoms with van der Waals surface area (Å²) >= 11 is 2.42. The van der Waals surface area contributed by atoms with Crippen LogP contribution in [0.3, 0.4) is 0 Å². The van der Waals surface area contributed by atoms with Crippen LogP contribution in [0, 0.1) is 0 Å². The number of hydrogen-bond acceptors (Lipinski definition) is 7. The average Bonchev–Trinajstić information content (AvgIpc) is 3.24. The van der Waals surface area contributed by atoms with Gasteiger partial charge in [-0.15, -0.1) is 10.2 Å². The fourth-order valence-corrected chi connectivity index (χ4v) is 4.66. The SMILES string of the molecule is CC(=O)Nc1cccc(NC(=O)CSc2nnc(NC(=O)c3cccc4ccccc34)s2)c1. The van der Waals surface area contributed by atoms with Gasteiger partial charge in [-0.3, -0.25) is 19.7 Å². The summed E-state index contributed by atoms with van der Waals surface area (Å²) in [5.41, 5.74) is 1.73. The number of benzene rings is 3. The summed E-state index contributed by atoms with van der Waals surface area (Å²) in [5, 5.41) is 18.5. The second kappa shape index (κ2) is 10.2. The molecule has 166 valence electrons. The van der Waals surface area contributed by atoms with Crippen LogP contribution in [0.25, 0.3) is 10.8 Å². The van der Waals surface area contributed by atoms with E-state index in [4.69, 9.17) is 0 Å². The average molecular weight is 478 g/mol. The molecule has 0 aliphatic rings. The van der Waals surface area contributed by atoms with Crippen LogP contribution in [-0.4, -0.2) is 33.7 Å². The highest BCUT2D eigenvalue weighted by Gasteiger charge is 2.14. The Morgan fingerprint density at radius 3 is 2.42 bits per heavy atom. The number of carbonyl (C=O) groups excluding carboxylic acids is 3. The Morgan fingerprint density at radius 2 is 1.61 bits per heavy atom. The van der Waals surface area contributed by atoms with Crippen molar-refractivity contribution in [2.45, 2.75) is 11.3 Å². The molecule has 3 aromatic carbocycles. The molecule has 0 spiro atoms. The number of rotatable bonds is 7. The molecule has 0 saturated carbocycles. The summed E-state index contributed by atoms with van der Waals surface area (Å²) in [6, 6.07) is 20.1. The summed E-state index contributed by atoms with van der Waals surface area (Å²) in [5.74, 6) is -0.558. The van der Waals surface area contributed by atoms with Gasteiger partial charge in [-0.05, 0) is 35.0 Å². The van der Waals surface area contributed by atoms with Crippen molar-refractivity contribution in [1.82, 2.24) is 10.2 Å². The Kier molecular flexibility index (Phi) is 6.96. The second-order valence-corrected chi connectivity index (χ2v) is 9.15. The fourth-order valence-electron chi connectivity index (χ4n) is 3.11. The highest BCUT2D eigenvalue weighted by molar-refractivity contribution is 8.01. The molecule has 10 heteroatoms. The van der Waals surface area contributed by atoms with E-state index in [1.54, 1.807) is 30.3 Å². The molecule has 0 fully saturated rings. The zero-order valence-corrected chi connectivity index (χ0v) is 19.1. The van der Waals surface area contributed by atoms with E-state index < -0.39 is 0 Å². The standard InChI is InChI=1S/C23H19N5O3S2/c1-14(29)24-16-8-5-9-17(12-16)25-20(30)13-32-23-28-27-22(33-23)26-21(31)19-11-4-7-15-6-2-3-10-18(15)19/h2-12H,13H2,1H3,(H,24,29)(H,25,30)(H,26,27,31). The van der Waals surface area contributed by atoms with Crippen molar-refractivity contribution in [2.24, 2.45) is 0 Å². The lowest BCUT2D eigenvalue weighted by Crippen LogP contribution is -2.14. The van der Waals surface area contributed by atoms with Crippen LogP contribution in [0.15, 0.2) is 71.1 Å². The van der Waals surface area contributed by atoms with Crippen LogP contribution in [-0.2, 0) is 9.59 Å². The maximum atomic E-state index is 12.7. The van der Waals surface area contributed by atoms with E-state index in [2.05, 4.69) is 26.1 Å². The van der Waals surface area contributed by atoms with Crippen LogP contribution in [0.1, 0.15) is 17.3 Å². The third kappa shape index (κ3) is 5.93. The number of fused-ring (bicyclic) bond motifs is 1. The Balaban J connectivity index is 1.33. The number of nitrogens with zero attached hydrogens (tertiary/aromatic N) is 2. The highest BCUT2D eigenvalue weighted by Crippen LogP contribution is 2.27. The molecule has 3 amide bonds. The Labute approximate surface area is 197 Å². The first-order chi connectivity index (χ1) is 16.0. The molecule has 0 unspecified atom stereocenters. The van der Waals surface area contributed by atoms with Gasteiger partial charge in [0.2, 0.25) is 16.9 Å². The van der Waals surface area contributed by atoms with Crippen molar-refractivity contribution >= 4 is 68.1 Å². The van der Waals surface area contributed by atoms with Crippen LogP contribution in [0.5, 0.6) is 0 Å². The normalized spacial score (nSPS) is 10.6. The molecule has 0 bridgehead atoms. The first-order valence-electron chi connectivity index (χ1n) is 9.91. The van der Waals surface area contributed by atoms with Gasteiger partial charge in [0.15, 0.2) is 4.34 Å². The van der Waals surface area contributed by atoms with Crippen molar-refractivity contribution < 1.29 is 14.4 Å². The van der Waals surface area contributed by atoms with Gasteiger partial charge >= 0.3 is 0 Å². The third-order valence-electron chi connectivity index (χ3n) is 4.45. The van der Waals surface area contributed by atoms with E-state index in [-0.39, 0.29) is 23.5 Å². The molecule has 1 aromatic heterocycles. The molecule has 0 saturated heterocycles. The number of thioether (sulfide) groups is 1. The van der Waals surface area contributed by atoms with E-state index in [1.807, 2.05) is 36.4 Å². The van der Waals surface area contributed by atoms with E-state index in [9.17, 15) is 14.4 Å². The van der Waals surface area contributed by atoms with Crippen molar-refractivity contribution in [1.29, 1.82) is 0 Å². The van der Waals surface area contributed by atoms with Gasteiger partial charge in [0.1, 0.15) is 0 Å². The van der Waals surface area contributed by atoms with Gasteiger partial charge in [0.05, 0.1) is 5.75 Å². The first kappa shape index (κ1) is 22.4. The van der Waals surface area contributed by atoms with E-state index in [0.29, 0.717) is 26.4 Å². The van der Waals surface area contributed by atoms with Gasteiger partial charge in [0, 0.05) is 23.9 Å². The van der Waals surface area contributed by atoms with Crippen molar-refractivity contribution in [3.8, 4) is 0 Å². The number of nitrogens with one attached hydrogen (secondary N) is 3. The summed E-state index contributed by atoms with van der Waals surface area (Å²) in [6.07, 6.45) is 0. The third-order valence-corrected chi connectivity index (χ3v) is 6.43. The molecule has 8 nitrogen and oxygen atoms in total. The van der Waals surface area contributed by atoms with E-state index in [1.165, 1.54) is 30.0 Å². The first-order valence-corrected chi connectivity index (χ1v) is 11.7. The molecular weight excluding hydrogens is 458 g/mol. The summed E-state index contributed by atoms with van der Waals surface area (Å²) < 4.78 is 0.561. The van der Waals surface area contributed by atoms with E-state index >= 15 is 0 Å². The van der Waals surface area contributed by atoms with Gasteiger partial charge in [0.25, 0.3) is 5.91 Å². The molecule has 0 radical (unpaired) electrons. The smallest absolute Gasteiger partial charge is 0.258 e. The minimum atomic E-state index is -0.267. The van der Waals surface area contributed by atoms with Crippen LogP contribution in [0.2, 0.25) is 0 Å². The monoisotopic (exact) mass is 477 g/mol. The maximum Gasteiger partial charge on any atom is 0.258 e. The van der Waals surface area contributed by atoms with Crippen molar-refractivity contribution in [3.05, 3.63) is 72.3 Å². The van der Waals surface area contributed by atoms with Crippen molar-refractivity contribution in [3.63, 3.8) is 0 Å². The predicted octanol–water partition coefficient (Wildman–Crippen LogP) is 4.63. The van der Waals surface area contributed by atoms with E-state index in [0.717, 1.165) is 10.8 Å². The van der Waals surface area contributed by atoms with Gasteiger partial charge in [-0.2, -0.15) is 0 Å². The second-order valence-electron chi connectivity index (χ2n) is 6.95. The molecule has 0 aliphatic heterocycles. The van der Waals surface area contributed by atoms with Gasteiger partial charge < -0.3 is 10.6 Å². The number of carbonyl (C=O) groups is 3. The summed E-state index contributed by atoms with van der Waals surface area (Å²) in [7, 11) is 0. The van der Waals surface area contributed by atoms with Crippen LogP contribution < -0.4 is 16.0 Å².